The Hall–Kier alpha value is -1.12. The summed E-state index contributed by atoms with van der Waals surface area (Å²) >= 11 is 3.83. The number of rotatable bonds is 4. The molecule has 0 saturated carbocycles. The third-order valence-electron chi connectivity index (χ3n) is 3.85. The number of aryl methyl sites for hydroxylation is 1. The number of hydrogen-bond donors (Lipinski definition) is 0. The first kappa shape index (κ1) is 13.8. The molecule has 20 heavy (non-hydrogen) atoms. The van der Waals surface area contributed by atoms with E-state index in [0.717, 1.165) is 19.6 Å². The highest BCUT2D eigenvalue weighted by Gasteiger charge is 2.15. The fourth-order valence-corrected chi connectivity index (χ4v) is 3.27. The van der Waals surface area contributed by atoms with Crippen molar-refractivity contribution < 1.29 is 4.74 Å². The lowest BCUT2D eigenvalue weighted by atomic mass is 9.99. The molecule has 3 rings (SSSR count). The monoisotopic (exact) mass is 330 g/mol. The molecule has 1 aliphatic rings. The highest BCUT2D eigenvalue weighted by atomic mass is 79.9. The molecule has 1 unspecified atom stereocenters. The molecule has 1 atom stereocenters. The molecule has 2 aromatic carbocycles. The zero-order valence-electron chi connectivity index (χ0n) is 11.7. The molecular formula is C18H19BrO. The van der Waals surface area contributed by atoms with Gasteiger partial charge in [-0.05, 0) is 34.2 Å². The van der Waals surface area contributed by atoms with Gasteiger partial charge in [0.1, 0.15) is 0 Å². The van der Waals surface area contributed by atoms with Crippen molar-refractivity contribution in [3.63, 3.8) is 0 Å². The maximum Gasteiger partial charge on any atom is 0.0725 e. The third kappa shape index (κ3) is 2.82. The number of fused-ring (bicyclic) bond motifs is 1. The Labute approximate surface area is 129 Å². The molecule has 0 amide bonds. The average Bonchev–Trinajstić information content (AvgIpc) is 2.95. The highest BCUT2D eigenvalue weighted by molar-refractivity contribution is 9.09. The number of hydrogen-bond acceptors (Lipinski definition) is 1. The molecular weight excluding hydrogens is 312 g/mol. The van der Waals surface area contributed by atoms with Crippen molar-refractivity contribution in [3.05, 3.63) is 70.3 Å². The van der Waals surface area contributed by atoms with E-state index in [1.54, 1.807) is 0 Å². The molecule has 0 aromatic heterocycles. The van der Waals surface area contributed by atoms with Crippen LogP contribution in [-0.4, -0.2) is 0 Å². The van der Waals surface area contributed by atoms with Gasteiger partial charge >= 0.3 is 0 Å². The van der Waals surface area contributed by atoms with E-state index in [0.29, 0.717) is 0 Å². The van der Waals surface area contributed by atoms with E-state index in [4.69, 9.17) is 4.74 Å². The van der Waals surface area contributed by atoms with Crippen LogP contribution in [0.25, 0.3) is 0 Å². The summed E-state index contributed by atoms with van der Waals surface area (Å²) in [6, 6.07) is 15.6. The molecule has 0 radical (unpaired) electrons. The highest BCUT2D eigenvalue weighted by Crippen LogP contribution is 2.33. The lowest BCUT2D eigenvalue weighted by molar-refractivity contribution is 0.134. The fraction of sp³-hybridized carbons (Fsp3) is 0.333. The van der Waals surface area contributed by atoms with Crippen molar-refractivity contribution in [3.8, 4) is 0 Å². The SMILES string of the molecule is CCCc1ccc(C(Br)c2ccc3c(c2)COC3)cc1. The molecule has 0 N–H and O–H groups in total. The zero-order chi connectivity index (χ0) is 13.9. The van der Waals surface area contributed by atoms with Gasteiger partial charge in [0.15, 0.2) is 0 Å². The van der Waals surface area contributed by atoms with E-state index in [1.165, 1.54) is 34.2 Å². The quantitative estimate of drug-likeness (QED) is 0.704. The molecule has 104 valence electrons. The summed E-state index contributed by atoms with van der Waals surface area (Å²) in [6.45, 7) is 3.72. The van der Waals surface area contributed by atoms with Gasteiger partial charge in [-0.2, -0.15) is 0 Å². The van der Waals surface area contributed by atoms with Crippen LogP contribution in [0.1, 0.15) is 46.0 Å². The first-order chi connectivity index (χ1) is 9.78. The number of alkyl halides is 1. The van der Waals surface area contributed by atoms with Crippen molar-refractivity contribution in [1.29, 1.82) is 0 Å². The summed E-state index contributed by atoms with van der Waals surface area (Å²) in [6.07, 6.45) is 2.35. The van der Waals surface area contributed by atoms with Crippen LogP contribution in [0.2, 0.25) is 0 Å². The van der Waals surface area contributed by atoms with Gasteiger partial charge in [-0.25, -0.2) is 0 Å². The van der Waals surface area contributed by atoms with E-state index in [2.05, 4.69) is 65.3 Å². The molecule has 2 aromatic rings. The van der Waals surface area contributed by atoms with Crippen LogP contribution in [0.5, 0.6) is 0 Å². The van der Waals surface area contributed by atoms with Gasteiger partial charge in [0, 0.05) is 0 Å². The molecule has 1 nitrogen and oxygen atoms in total. The van der Waals surface area contributed by atoms with E-state index < -0.39 is 0 Å². The Morgan fingerprint density at radius 2 is 1.70 bits per heavy atom. The van der Waals surface area contributed by atoms with Crippen LogP contribution in [0.15, 0.2) is 42.5 Å². The predicted octanol–water partition coefficient (Wildman–Crippen LogP) is 5.15. The van der Waals surface area contributed by atoms with Gasteiger partial charge < -0.3 is 4.74 Å². The molecule has 0 spiro atoms. The summed E-state index contributed by atoms with van der Waals surface area (Å²) in [5.41, 5.74) is 6.68. The van der Waals surface area contributed by atoms with Gasteiger partial charge in [-0.3, -0.25) is 0 Å². The fourth-order valence-electron chi connectivity index (χ4n) is 2.68. The third-order valence-corrected chi connectivity index (χ3v) is 4.91. The summed E-state index contributed by atoms with van der Waals surface area (Å²) in [7, 11) is 0. The summed E-state index contributed by atoms with van der Waals surface area (Å²) in [4.78, 5) is 0.254. The van der Waals surface area contributed by atoms with Crippen LogP contribution in [0.3, 0.4) is 0 Å². The Balaban J connectivity index is 1.82. The lowest BCUT2D eigenvalue weighted by Crippen LogP contribution is -1.95. The first-order valence-corrected chi connectivity index (χ1v) is 8.12. The zero-order valence-corrected chi connectivity index (χ0v) is 13.3. The lowest BCUT2D eigenvalue weighted by Gasteiger charge is -2.13. The van der Waals surface area contributed by atoms with Crippen LogP contribution in [0, 0.1) is 0 Å². The summed E-state index contributed by atoms with van der Waals surface area (Å²) in [5.74, 6) is 0. The molecule has 0 fully saturated rings. The van der Waals surface area contributed by atoms with Crippen molar-refractivity contribution in [2.75, 3.05) is 0 Å². The van der Waals surface area contributed by atoms with Gasteiger partial charge in [0.2, 0.25) is 0 Å². The number of ether oxygens (including phenoxy) is 1. The minimum absolute atomic E-state index is 0.254. The minimum atomic E-state index is 0.254. The van der Waals surface area contributed by atoms with E-state index in [1.807, 2.05) is 0 Å². The first-order valence-electron chi connectivity index (χ1n) is 7.20. The Bertz CT molecular complexity index is 589. The van der Waals surface area contributed by atoms with Crippen LogP contribution in [0.4, 0.5) is 0 Å². The second kappa shape index (κ2) is 6.11. The molecule has 1 heterocycles. The molecule has 0 aliphatic carbocycles. The summed E-state index contributed by atoms with van der Waals surface area (Å²) in [5, 5.41) is 0. The topological polar surface area (TPSA) is 9.23 Å². The Morgan fingerprint density at radius 3 is 2.45 bits per heavy atom. The number of benzene rings is 2. The van der Waals surface area contributed by atoms with Gasteiger partial charge in [-0.15, -0.1) is 0 Å². The van der Waals surface area contributed by atoms with Crippen LogP contribution in [-0.2, 0) is 24.4 Å². The van der Waals surface area contributed by atoms with Crippen LogP contribution < -0.4 is 0 Å². The van der Waals surface area contributed by atoms with Gasteiger partial charge in [0.05, 0.1) is 18.0 Å². The van der Waals surface area contributed by atoms with Crippen molar-refractivity contribution in [1.82, 2.24) is 0 Å². The second-order valence-corrected chi connectivity index (χ2v) is 6.29. The molecule has 2 heteroatoms. The molecule has 0 saturated heterocycles. The van der Waals surface area contributed by atoms with Crippen molar-refractivity contribution in [2.45, 2.75) is 37.8 Å². The van der Waals surface area contributed by atoms with Crippen molar-refractivity contribution in [2.24, 2.45) is 0 Å². The maximum absolute atomic E-state index is 5.48. The van der Waals surface area contributed by atoms with E-state index >= 15 is 0 Å². The smallest absolute Gasteiger partial charge is 0.0725 e. The van der Waals surface area contributed by atoms with E-state index in [9.17, 15) is 0 Å². The van der Waals surface area contributed by atoms with Crippen LogP contribution >= 0.6 is 15.9 Å². The standard InChI is InChI=1S/C18H19BrO/c1-2-3-13-4-6-14(7-5-13)18(19)15-8-9-16-11-20-12-17(16)10-15/h4-10,18H,2-3,11-12H2,1H3. The molecule has 1 aliphatic heterocycles. The van der Waals surface area contributed by atoms with Gasteiger partial charge in [-0.1, -0.05) is 71.7 Å². The summed E-state index contributed by atoms with van der Waals surface area (Å²) < 4.78 is 5.48. The average molecular weight is 331 g/mol. The number of halogens is 1. The minimum Gasteiger partial charge on any atom is -0.372 e. The largest absolute Gasteiger partial charge is 0.372 e. The van der Waals surface area contributed by atoms with E-state index in [-0.39, 0.29) is 4.83 Å². The normalized spacial score (nSPS) is 15.1. The Morgan fingerprint density at radius 1 is 1.00 bits per heavy atom. The maximum atomic E-state index is 5.48. The Kier molecular flexibility index (Phi) is 4.23. The van der Waals surface area contributed by atoms with Gasteiger partial charge in [0.25, 0.3) is 0 Å². The predicted molar refractivity (Wildman–Crippen MR) is 86.1 cm³/mol. The second-order valence-electron chi connectivity index (χ2n) is 5.38. The molecule has 0 bridgehead atoms. The van der Waals surface area contributed by atoms with Crippen molar-refractivity contribution >= 4 is 15.9 Å².